The number of benzene rings is 2. The molecule has 1 saturated heterocycles. The number of amides is 2. The van der Waals surface area contributed by atoms with Crippen LogP contribution in [0.25, 0.3) is 11.1 Å². The summed E-state index contributed by atoms with van der Waals surface area (Å²) >= 11 is 0. The Morgan fingerprint density at radius 1 is 1.04 bits per heavy atom. The number of likely N-dealkylation sites (tertiary alicyclic amines) is 1. The smallest absolute Gasteiger partial charge is 0.251 e. The number of methoxy groups -OCH3 is 2. The van der Waals surface area contributed by atoms with Gasteiger partial charge in [-0.3, -0.25) is 9.59 Å². The first-order valence-electron chi connectivity index (χ1n) is 8.88. The maximum atomic E-state index is 12.5. The van der Waals surface area contributed by atoms with E-state index in [-0.39, 0.29) is 17.9 Å². The number of carbonyl (C=O) groups is 2. The van der Waals surface area contributed by atoms with Gasteiger partial charge in [-0.25, -0.2) is 0 Å². The van der Waals surface area contributed by atoms with Crippen molar-refractivity contribution in [3.05, 3.63) is 48.0 Å². The Balaban J connectivity index is 1.72. The molecular formula is C21H24N2O4. The molecule has 1 fully saturated rings. The van der Waals surface area contributed by atoms with Crippen LogP contribution >= 0.6 is 0 Å². The highest BCUT2D eigenvalue weighted by Gasteiger charge is 2.24. The van der Waals surface area contributed by atoms with Crippen LogP contribution in [-0.2, 0) is 4.79 Å². The molecule has 2 aromatic rings. The lowest BCUT2D eigenvalue weighted by Gasteiger charge is -2.30. The Morgan fingerprint density at radius 3 is 2.22 bits per heavy atom. The zero-order valence-electron chi connectivity index (χ0n) is 15.8. The van der Waals surface area contributed by atoms with Crippen molar-refractivity contribution in [2.45, 2.75) is 18.9 Å². The zero-order chi connectivity index (χ0) is 19.4. The minimum Gasteiger partial charge on any atom is -0.497 e. The monoisotopic (exact) mass is 368 g/mol. The van der Waals surface area contributed by atoms with Crippen LogP contribution in [0.5, 0.6) is 11.5 Å². The first kappa shape index (κ1) is 18.8. The van der Waals surface area contributed by atoms with Crippen molar-refractivity contribution in [1.29, 1.82) is 0 Å². The SMILES string of the molecule is COc1cc(OC)cc(-c2ccc(C(=O)N[C@H]3CCC(=O)N(C)C3)cc2)c1. The predicted octanol–water partition coefficient (Wildman–Crippen LogP) is 2.72. The van der Waals surface area contributed by atoms with Crippen molar-refractivity contribution in [3.8, 4) is 22.6 Å². The van der Waals surface area contributed by atoms with Gasteiger partial charge in [0.05, 0.1) is 14.2 Å². The van der Waals surface area contributed by atoms with E-state index in [1.807, 2.05) is 30.3 Å². The van der Waals surface area contributed by atoms with Crippen LogP contribution in [-0.4, -0.2) is 50.6 Å². The van der Waals surface area contributed by atoms with Crippen LogP contribution in [0.1, 0.15) is 23.2 Å². The largest absolute Gasteiger partial charge is 0.497 e. The molecule has 0 saturated carbocycles. The third kappa shape index (κ3) is 4.39. The van der Waals surface area contributed by atoms with Gasteiger partial charge in [0.1, 0.15) is 11.5 Å². The van der Waals surface area contributed by atoms with Gasteiger partial charge in [0, 0.05) is 37.7 Å². The third-order valence-corrected chi connectivity index (χ3v) is 4.79. The molecule has 0 unspecified atom stereocenters. The van der Waals surface area contributed by atoms with E-state index in [4.69, 9.17) is 9.47 Å². The Hall–Kier alpha value is -3.02. The molecule has 1 heterocycles. The summed E-state index contributed by atoms with van der Waals surface area (Å²) in [5.74, 6) is 1.42. The molecule has 0 bridgehead atoms. The van der Waals surface area contributed by atoms with Gasteiger partial charge in [0.25, 0.3) is 5.91 Å². The summed E-state index contributed by atoms with van der Waals surface area (Å²) in [6.07, 6.45) is 1.15. The van der Waals surface area contributed by atoms with E-state index in [2.05, 4.69) is 5.32 Å². The average molecular weight is 368 g/mol. The maximum absolute atomic E-state index is 12.5. The average Bonchev–Trinajstić information content (AvgIpc) is 2.70. The van der Waals surface area contributed by atoms with Gasteiger partial charge in [-0.05, 0) is 41.8 Å². The normalized spacial score (nSPS) is 16.8. The first-order valence-corrected chi connectivity index (χ1v) is 8.88. The highest BCUT2D eigenvalue weighted by Crippen LogP contribution is 2.29. The summed E-state index contributed by atoms with van der Waals surface area (Å²) in [4.78, 5) is 25.7. The van der Waals surface area contributed by atoms with E-state index < -0.39 is 0 Å². The Kier molecular flexibility index (Phi) is 5.64. The van der Waals surface area contributed by atoms with Gasteiger partial charge in [0.2, 0.25) is 5.91 Å². The Bertz CT molecular complexity index is 810. The van der Waals surface area contributed by atoms with E-state index in [0.29, 0.717) is 36.4 Å². The number of carbonyl (C=O) groups excluding carboxylic acids is 2. The van der Waals surface area contributed by atoms with Gasteiger partial charge in [-0.2, -0.15) is 0 Å². The highest BCUT2D eigenvalue weighted by molar-refractivity contribution is 5.95. The number of ether oxygens (including phenoxy) is 2. The van der Waals surface area contributed by atoms with Crippen molar-refractivity contribution < 1.29 is 19.1 Å². The topological polar surface area (TPSA) is 67.9 Å². The molecule has 0 aromatic heterocycles. The number of piperidine rings is 1. The van der Waals surface area contributed by atoms with Gasteiger partial charge in [0.15, 0.2) is 0 Å². The Labute approximate surface area is 159 Å². The summed E-state index contributed by atoms with van der Waals surface area (Å²) in [6, 6.07) is 13.1. The second-order valence-electron chi connectivity index (χ2n) is 6.66. The van der Waals surface area contributed by atoms with Gasteiger partial charge in [-0.15, -0.1) is 0 Å². The molecule has 27 heavy (non-hydrogen) atoms. The third-order valence-electron chi connectivity index (χ3n) is 4.79. The molecule has 6 heteroatoms. The van der Waals surface area contributed by atoms with Crippen molar-refractivity contribution in [2.24, 2.45) is 0 Å². The zero-order valence-corrected chi connectivity index (χ0v) is 15.8. The molecule has 1 aliphatic rings. The van der Waals surface area contributed by atoms with Crippen LogP contribution in [0, 0.1) is 0 Å². The molecule has 3 rings (SSSR count). The molecule has 2 aromatic carbocycles. The second-order valence-corrected chi connectivity index (χ2v) is 6.66. The highest BCUT2D eigenvalue weighted by atomic mass is 16.5. The number of likely N-dealkylation sites (N-methyl/N-ethyl adjacent to an activating group) is 1. The molecule has 0 aliphatic carbocycles. The van der Waals surface area contributed by atoms with E-state index in [0.717, 1.165) is 11.1 Å². The van der Waals surface area contributed by atoms with Gasteiger partial charge in [-0.1, -0.05) is 12.1 Å². The summed E-state index contributed by atoms with van der Waals surface area (Å²) < 4.78 is 10.6. The molecule has 0 radical (unpaired) electrons. The van der Waals surface area contributed by atoms with Crippen LogP contribution < -0.4 is 14.8 Å². The van der Waals surface area contributed by atoms with E-state index in [9.17, 15) is 9.59 Å². The second kappa shape index (κ2) is 8.12. The fraction of sp³-hybridized carbons (Fsp3) is 0.333. The number of nitrogens with one attached hydrogen (secondary N) is 1. The molecule has 1 atom stereocenters. The predicted molar refractivity (Wildman–Crippen MR) is 103 cm³/mol. The molecule has 1 aliphatic heterocycles. The van der Waals surface area contributed by atoms with Crippen LogP contribution in [0.4, 0.5) is 0 Å². The molecule has 1 N–H and O–H groups in total. The summed E-state index contributed by atoms with van der Waals surface area (Å²) in [5.41, 5.74) is 2.51. The van der Waals surface area contributed by atoms with Crippen LogP contribution in [0.3, 0.4) is 0 Å². The quantitative estimate of drug-likeness (QED) is 0.881. The Morgan fingerprint density at radius 2 is 1.67 bits per heavy atom. The van der Waals surface area contributed by atoms with Crippen molar-refractivity contribution in [1.82, 2.24) is 10.2 Å². The number of rotatable bonds is 5. The number of hydrogen-bond acceptors (Lipinski definition) is 4. The standard InChI is InChI=1S/C21H24N2O4/c1-23-13-17(8-9-20(23)24)22-21(25)15-6-4-14(5-7-15)16-10-18(26-2)12-19(11-16)27-3/h4-7,10-12,17H,8-9,13H2,1-3H3,(H,22,25)/t17-/m0/s1. The first-order chi connectivity index (χ1) is 13.0. The summed E-state index contributed by atoms with van der Waals surface area (Å²) in [7, 11) is 4.99. The summed E-state index contributed by atoms with van der Waals surface area (Å²) in [5, 5.41) is 3.01. The molecule has 6 nitrogen and oxygen atoms in total. The minimum atomic E-state index is -0.127. The molecule has 142 valence electrons. The molecule has 0 spiro atoms. The van der Waals surface area contributed by atoms with Crippen molar-refractivity contribution >= 4 is 11.8 Å². The number of hydrogen-bond donors (Lipinski definition) is 1. The minimum absolute atomic E-state index is 0.0116. The lowest BCUT2D eigenvalue weighted by molar-refractivity contribution is -0.132. The van der Waals surface area contributed by atoms with Crippen molar-refractivity contribution in [2.75, 3.05) is 27.8 Å². The van der Waals surface area contributed by atoms with E-state index >= 15 is 0 Å². The van der Waals surface area contributed by atoms with Crippen LogP contribution in [0.2, 0.25) is 0 Å². The van der Waals surface area contributed by atoms with E-state index in [1.165, 1.54) is 0 Å². The molecular weight excluding hydrogens is 344 g/mol. The van der Waals surface area contributed by atoms with Gasteiger partial charge >= 0.3 is 0 Å². The fourth-order valence-electron chi connectivity index (χ4n) is 3.19. The van der Waals surface area contributed by atoms with Crippen molar-refractivity contribution in [3.63, 3.8) is 0 Å². The summed E-state index contributed by atoms with van der Waals surface area (Å²) in [6.45, 7) is 0.548. The van der Waals surface area contributed by atoms with E-state index in [1.54, 1.807) is 38.3 Å². The van der Waals surface area contributed by atoms with Gasteiger partial charge < -0.3 is 19.7 Å². The lowest BCUT2D eigenvalue weighted by Crippen LogP contribution is -2.48. The molecule has 2 amide bonds. The maximum Gasteiger partial charge on any atom is 0.251 e. The number of nitrogens with zero attached hydrogens (tertiary/aromatic N) is 1. The van der Waals surface area contributed by atoms with Crippen LogP contribution in [0.15, 0.2) is 42.5 Å². The lowest BCUT2D eigenvalue weighted by atomic mass is 10.0. The fourth-order valence-corrected chi connectivity index (χ4v) is 3.19.